The number of aliphatic hydroxyl groups excluding tert-OH is 1. The Balaban J connectivity index is 0.000000541. The van der Waals surface area contributed by atoms with Crippen LogP contribution >= 0.6 is 11.3 Å². The van der Waals surface area contributed by atoms with Crippen molar-refractivity contribution in [2.45, 2.75) is 0 Å². The summed E-state index contributed by atoms with van der Waals surface area (Å²) >= 11 is 1.08. The van der Waals surface area contributed by atoms with Gasteiger partial charge in [0.2, 0.25) is 0 Å². The number of aromatic hydroxyl groups is 1. The highest BCUT2D eigenvalue weighted by molar-refractivity contribution is 7.14. The maximum atomic E-state index is 10.9. The first-order chi connectivity index (χ1) is 10.5. The number of nitrogens with two attached hydrogens (primary N) is 1. The molecule has 0 atom stereocenters. The van der Waals surface area contributed by atoms with E-state index in [9.17, 15) is 14.7 Å². The number of benzene rings is 1. The number of carbonyl (C=O) groups is 2. The Morgan fingerprint density at radius 2 is 1.95 bits per heavy atom. The summed E-state index contributed by atoms with van der Waals surface area (Å²) in [6.45, 7) is 0.472. The number of aliphatic carboxylic acids is 1. The summed E-state index contributed by atoms with van der Waals surface area (Å²) in [4.78, 5) is 25.3. The number of phenols is 1. The second-order valence-corrected chi connectivity index (χ2v) is 4.68. The molecule has 118 valence electrons. The summed E-state index contributed by atoms with van der Waals surface area (Å²) in [6, 6.07) is 6.61. The number of hydrogen-bond acceptors (Lipinski definition) is 7. The van der Waals surface area contributed by atoms with Crippen molar-refractivity contribution in [3.63, 3.8) is 0 Å². The molecule has 1 amide bonds. The number of aromatic nitrogens is 1. The molecule has 6 N–H and O–H groups in total. The summed E-state index contributed by atoms with van der Waals surface area (Å²) in [5.41, 5.74) is 5.77. The minimum atomic E-state index is -1.57. The average Bonchev–Trinajstić information content (AvgIpc) is 2.96. The molecule has 0 spiro atoms. The van der Waals surface area contributed by atoms with Crippen LogP contribution in [0.1, 0.15) is 0 Å². The van der Waals surface area contributed by atoms with Gasteiger partial charge in [0.05, 0.1) is 12.3 Å². The lowest BCUT2D eigenvalue weighted by molar-refractivity contribution is -0.147. The highest BCUT2D eigenvalue weighted by Gasteiger charge is 2.14. The van der Waals surface area contributed by atoms with E-state index in [4.69, 9.17) is 15.9 Å². The summed E-state index contributed by atoms with van der Waals surface area (Å²) < 4.78 is 0. The van der Waals surface area contributed by atoms with Crippen LogP contribution in [0.2, 0.25) is 0 Å². The molecular weight excluding hydrogens is 310 g/mol. The number of carboxylic acids is 1. The maximum absolute atomic E-state index is 10.9. The molecule has 2 aromatic rings. The quantitative estimate of drug-likeness (QED) is 0.516. The fourth-order valence-corrected chi connectivity index (χ4v) is 2.00. The molecule has 0 aliphatic rings. The normalized spacial score (nSPS) is 9.55. The van der Waals surface area contributed by atoms with Crippen LogP contribution in [0.3, 0.4) is 0 Å². The number of carboxylic acid groups (broad SMARTS) is 1. The topological polar surface area (TPSA) is 146 Å². The maximum Gasteiger partial charge on any atom is 0.394 e. The molecule has 22 heavy (non-hydrogen) atoms. The van der Waals surface area contributed by atoms with E-state index in [-0.39, 0.29) is 17.5 Å². The number of carbonyl (C=O) groups excluding carboxylic acids is 1. The molecule has 1 aromatic carbocycles. The van der Waals surface area contributed by atoms with Gasteiger partial charge in [0.25, 0.3) is 0 Å². The standard InChI is InChI=1S/C11H8N2O4S.C2H7NO/c14-8-4-2-1-3-6(8)7-5-18-11(12-7)13-9(15)10(16)17;3-1-2-4/h1-5,14H,(H,16,17)(H,12,13,15);4H,1-3H2. The van der Waals surface area contributed by atoms with Gasteiger partial charge in [-0.25, -0.2) is 9.78 Å². The molecule has 0 aliphatic carbocycles. The lowest BCUT2D eigenvalue weighted by Gasteiger charge is -1.99. The average molecular weight is 325 g/mol. The molecule has 1 heterocycles. The van der Waals surface area contributed by atoms with Crippen molar-refractivity contribution < 1.29 is 24.9 Å². The minimum Gasteiger partial charge on any atom is -0.507 e. The molecule has 9 heteroatoms. The summed E-state index contributed by atoms with van der Waals surface area (Å²) in [5.74, 6) is -2.65. The Kier molecular flexibility index (Phi) is 6.96. The summed E-state index contributed by atoms with van der Waals surface area (Å²) in [7, 11) is 0. The number of nitrogens with one attached hydrogen (secondary N) is 1. The third kappa shape index (κ3) is 5.13. The fraction of sp³-hybridized carbons (Fsp3) is 0.154. The molecule has 8 nitrogen and oxygen atoms in total. The molecule has 0 saturated carbocycles. The van der Waals surface area contributed by atoms with Gasteiger partial charge in [-0.1, -0.05) is 12.1 Å². The molecule has 0 unspecified atom stereocenters. The van der Waals surface area contributed by atoms with Crippen molar-refractivity contribution in [1.82, 2.24) is 4.98 Å². The van der Waals surface area contributed by atoms with E-state index in [2.05, 4.69) is 10.3 Å². The fourth-order valence-electron chi connectivity index (χ4n) is 1.30. The van der Waals surface area contributed by atoms with Crippen LogP contribution in [0.25, 0.3) is 11.3 Å². The van der Waals surface area contributed by atoms with Crippen LogP contribution in [0, 0.1) is 0 Å². The van der Waals surface area contributed by atoms with Crippen molar-refractivity contribution >= 4 is 28.3 Å². The molecule has 0 radical (unpaired) electrons. The Morgan fingerprint density at radius 1 is 1.32 bits per heavy atom. The molecule has 1 aromatic heterocycles. The van der Waals surface area contributed by atoms with Gasteiger partial charge in [-0.05, 0) is 12.1 Å². The van der Waals surface area contributed by atoms with Crippen molar-refractivity contribution in [3.05, 3.63) is 29.6 Å². The lowest BCUT2D eigenvalue weighted by Crippen LogP contribution is -2.21. The molecular formula is C13H15N3O5S. The Morgan fingerprint density at radius 3 is 2.50 bits per heavy atom. The van der Waals surface area contributed by atoms with Gasteiger partial charge in [-0.15, -0.1) is 11.3 Å². The number of para-hydroxylation sites is 1. The number of anilines is 1. The van der Waals surface area contributed by atoms with Crippen LogP contribution in [-0.2, 0) is 9.59 Å². The molecule has 0 fully saturated rings. The first-order valence-electron chi connectivity index (χ1n) is 6.08. The smallest absolute Gasteiger partial charge is 0.394 e. The molecule has 0 saturated heterocycles. The van der Waals surface area contributed by atoms with Crippen molar-refractivity contribution in [2.24, 2.45) is 5.73 Å². The largest absolute Gasteiger partial charge is 0.507 e. The molecule has 0 aliphatic heterocycles. The first-order valence-corrected chi connectivity index (χ1v) is 6.96. The van der Waals surface area contributed by atoms with E-state index in [0.29, 0.717) is 17.8 Å². The Hall–Kier alpha value is -2.49. The number of thiazole rings is 1. The van der Waals surface area contributed by atoms with Crippen molar-refractivity contribution in [3.8, 4) is 17.0 Å². The van der Waals surface area contributed by atoms with Crippen LogP contribution in [0.15, 0.2) is 29.6 Å². The van der Waals surface area contributed by atoms with Gasteiger partial charge in [0.1, 0.15) is 5.75 Å². The Bertz CT molecular complexity index is 642. The Labute approximate surface area is 129 Å². The molecule has 0 bridgehead atoms. The van der Waals surface area contributed by atoms with Crippen molar-refractivity contribution in [1.29, 1.82) is 0 Å². The van der Waals surface area contributed by atoms with Gasteiger partial charge in [0, 0.05) is 17.5 Å². The first kappa shape index (κ1) is 17.6. The van der Waals surface area contributed by atoms with E-state index in [0.717, 1.165) is 11.3 Å². The van der Waals surface area contributed by atoms with Crippen LogP contribution < -0.4 is 11.1 Å². The number of phenolic OH excluding ortho intramolecular Hbond substituents is 1. The van der Waals surface area contributed by atoms with Gasteiger partial charge < -0.3 is 21.1 Å². The second-order valence-electron chi connectivity index (χ2n) is 3.83. The van der Waals surface area contributed by atoms with Gasteiger partial charge in [0.15, 0.2) is 5.13 Å². The third-order valence-corrected chi connectivity index (χ3v) is 2.99. The van der Waals surface area contributed by atoms with E-state index in [1.165, 1.54) is 6.07 Å². The van der Waals surface area contributed by atoms with E-state index in [1.807, 2.05) is 0 Å². The number of aliphatic hydroxyl groups is 1. The van der Waals surface area contributed by atoms with E-state index >= 15 is 0 Å². The number of hydrogen-bond donors (Lipinski definition) is 5. The zero-order valence-corrected chi connectivity index (χ0v) is 12.2. The monoisotopic (exact) mass is 325 g/mol. The second kappa shape index (κ2) is 8.72. The zero-order chi connectivity index (χ0) is 16.5. The summed E-state index contributed by atoms with van der Waals surface area (Å²) in [5, 5.41) is 29.7. The van der Waals surface area contributed by atoms with Crippen LogP contribution in [0.4, 0.5) is 5.13 Å². The highest BCUT2D eigenvalue weighted by atomic mass is 32.1. The highest BCUT2D eigenvalue weighted by Crippen LogP contribution is 2.30. The van der Waals surface area contributed by atoms with Crippen LogP contribution in [0.5, 0.6) is 5.75 Å². The van der Waals surface area contributed by atoms with E-state index < -0.39 is 11.9 Å². The van der Waals surface area contributed by atoms with Gasteiger partial charge in [-0.3, -0.25) is 10.1 Å². The third-order valence-electron chi connectivity index (χ3n) is 2.23. The van der Waals surface area contributed by atoms with Crippen molar-refractivity contribution in [2.75, 3.05) is 18.5 Å². The van der Waals surface area contributed by atoms with Crippen LogP contribution in [-0.4, -0.2) is 45.3 Å². The predicted octanol–water partition coefficient (Wildman–Crippen LogP) is 0.476. The molecule has 2 rings (SSSR count). The van der Waals surface area contributed by atoms with E-state index in [1.54, 1.807) is 23.6 Å². The number of nitrogens with zero attached hydrogens (tertiary/aromatic N) is 1. The zero-order valence-electron chi connectivity index (χ0n) is 11.4. The summed E-state index contributed by atoms with van der Waals surface area (Å²) in [6.07, 6.45) is 0. The number of rotatable bonds is 3. The lowest BCUT2D eigenvalue weighted by atomic mass is 10.1. The SMILES string of the molecule is NCCO.O=C(O)C(=O)Nc1nc(-c2ccccc2O)cs1. The number of amides is 1. The van der Waals surface area contributed by atoms with Gasteiger partial charge >= 0.3 is 11.9 Å². The minimum absolute atomic E-state index is 0.0684. The predicted molar refractivity (Wildman–Crippen MR) is 81.6 cm³/mol. The van der Waals surface area contributed by atoms with Gasteiger partial charge in [-0.2, -0.15) is 0 Å².